The fraction of sp³-hybridized carbons (Fsp3) is 0.120. The van der Waals surface area contributed by atoms with E-state index >= 15 is 0 Å². The van der Waals surface area contributed by atoms with Crippen LogP contribution in [0.25, 0.3) is 22.1 Å². The second-order valence-corrected chi connectivity index (χ2v) is 8.93. The second kappa shape index (κ2) is 9.60. The summed E-state index contributed by atoms with van der Waals surface area (Å²) in [5.74, 6) is 0.140. The molecule has 0 unspecified atom stereocenters. The predicted molar refractivity (Wildman–Crippen MR) is 132 cm³/mol. The highest BCUT2D eigenvalue weighted by molar-refractivity contribution is 7.99. The zero-order chi connectivity index (χ0) is 22.6. The zero-order valence-corrected chi connectivity index (χ0v) is 19.2. The molecule has 6 nitrogen and oxygen atoms in total. The standard InChI is InChI=1S/C25H20ClN5OS/c26-19-10-6-9-18(13-19)15-31-21-12-5-4-11-20(21)23-24(31)28-25(30-29-23)33-16-22(32)27-14-17-7-2-1-3-8-17/h1-13H,14-16H2,(H,27,32). The van der Waals surface area contributed by atoms with Crippen molar-refractivity contribution in [2.24, 2.45) is 0 Å². The highest BCUT2D eigenvalue weighted by atomic mass is 35.5. The summed E-state index contributed by atoms with van der Waals surface area (Å²) in [5, 5.41) is 13.8. The van der Waals surface area contributed by atoms with Crippen molar-refractivity contribution in [3.05, 3.63) is 95.0 Å². The molecule has 0 fully saturated rings. The quantitative estimate of drug-likeness (QED) is 0.333. The maximum Gasteiger partial charge on any atom is 0.230 e. The number of aromatic nitrogens is 4. The van der Waals surface area contributed by atoms with Crippen LogP contribution in [0, 0.1) is 0 Å². The van der Waals surface area contributed by atoms with Gasteiger partial charge in [0.25, 0.3) is 0 Å². The smallest absolute Gasteiger partial charge is 0.230 e. The number of amides is 1. The number of fused-ring (bicyclic) bond motifs is 3. The highest BCUT2D eigenvalue weighted by Crippen LogP contribution is 2.28. The van der Waals surface area contributed by atoms with Gasteiger partial charge in [0.2, 0.25) is 11.1 Å². The molecule has 0 saturated carbocycles. The van der Waals surface area contributed by atoms with E-state index in [-0.39, 0.29) is 11.7 Å². The van der Waals surface area contributed by atoms with Crippen molar-refractivity contribution < 1.29 is 4.79 Å². The molecule has 0 aliphatic carbocycles. The van der Waals surface area contributed by atoms with Gasteiger partial charge in [0.1, 0.15) is 5.52 Å². The zero-order valence-electron chi connectivity index (χ0n) is 17.6. The Balaban J connectivity index is 1.38. The van der Waals surface area contributed by atoms with Crippen molar-refractivity contribution in [3.8, 4) is 0 Å². The maximum atomic E-state index is 12.3. The average Bonchev–Trinajstić information content (AvgIpc) is 3.15. The number of carbonyl (C=O) groups is 1. The van der Waals surface area contributed by atoms with Crippen molar-refractivity contribution in [3.63, 3.8) is 0 Å². The number of halogens is 1. The lowest BCUT2D eigenvalue weighted by atomic mass is 10.2. The van der Waals surface area contributed by atoms with Crippen LogP contribution in [-0.4, -0.2) is 31.4 Å². The Bertz CT molecular complexity index is 1440. The summed E-state index contributed by atoms with van der Waals surface area (Å²) < 4.78 is 2.12. The van der Waals surface area contributed by atoms with E-state index in [2.05, 4.69) is 20.1 Å². The van der Waals surface area contributed by atoms with Crippen molar-refractivity contribution in [1.29, 1.82) is 0 Å². The normalized spacial score (nSPS) is 11.2. The van der Waals surface area contributed by atoms with Crippen LogP contribution >= 0.6 is 23.4 Å². The average molecular weight is 474 g/mol. The van der Waals surface area contributed by atoms with Gasteiger partial charge in [-0.3, -0.25) is 4.79 Å². The molecule has 0 atom stereocenters. The first kappa shape index (κ1) is 21.4. The minimum Gasteiger partial charge on any atom is -0.351 e. The molecule has 0 aliphatic rings. The van der Waals surface area contributed by atoms with Crippen LogP contribution in [0.2, 0.25) is 5.02 Å². The van der Waals surface area contributed by atoms with E-state index in [1.165, 1.54) is 11.8 Å². The maximum absolute atomic E-state index is 12.3. The van der Waals surface area contributed by atoms with Crippen molar-refractivity contribution in [2.75, 3.05) is 5.75 Å². The van der Waals surface area contributed by atoms with Crippen LogP contribution in [-0.2, 0) is 17.9 Å². The van der Waals surface area contributed by atoms with Crippen molar-refractivity contribution in [1.82, 2.24) is 25.1 Å². The minimum atomic E-state index is -0.0768. The first-order valence-corrected chi connectivity index (χ1v) is 11.8. The Hall–Kier alpha value is -3.42. The molecule has 5 rings (SSSR count). The number of rotatable bonds is 7. The van der Waals surface area contributed by atoms with E-state index in [1.807, 2.05) is 78.9 Å². The van der Waals surface area contributed by atoms with Gasteiger partial charge >= 0.3 is 0 Å². The van der Waals surface area contributed by atoms with Gasteiger partial charge in [-0.05, 0) is 29.3 Å². The summed E-state index contributed by atoms with van der Waals surface area (Å²) in [5.41, 5.74) is 4.62. The van der Waals surface area contributed by atoms with Gasteiger partial charge in [-0.25, -0.2) is 4.98 Å². The number of hydrogen-bond acceptors (Lipinski definition) is 5. The molecule has 33 heavy (non-hydrogen) atoms. The molecule has 0 radical (unpaired) electrons. The van der Waals surface area contributed by atoms with E-state index in [4.69, 9.17) is 16.6 Å². The van der Waals surface area contributed by atoms with Crippen LogP contribution in [0.3, 0.4) is 0 Å². The Morgan fingerprint density at radius 1 is 0.939 bits per heavy atom. The number of carbonyl (C=O) groups excluding carboxylic acids is 1. The Morgan fingerprint density at radius 2 is 1.73 bits per heavy atom. The third kappa shape index (κ3) is 4.84. The Kier molecular flexibility index (Phi) is 6.24. The Morgan fingerprint density at radius 3 is 2.58 bits per heavy atom. The molecular formula is C25H20ClN5OS. The summed E-state index contributed by atoms with van der Waals surface area (Å²) in [6.07, 6.45) is 0. The predicted octanol–water partition coefficient (Wildman–Crippen LogP) is 5.09. The Labute approximate surface area is 200 Å². The lowest BCUT2D eigenvalue weighted by Gasteiger charge is -2.08. The number of thioether (sulfide) groups is 1. The number of benzene rings is 3. The molecule has 3 aromatic carbocycles. The minimum absolute atomic E-state index is 0.0768. The van der Waals surface area contributed by atoms with E-state index in [0.717, 1.165) is 33.2 Å². The SMILES string of the molecule is O=C(CSc1nnc2c3ccccc3n(Cc3cccc(Cl)c3)c2n1)NCc1ccccc1. The van der Waals surface area contributed by atoms with E-state index in [1.54, 1.807) is 0 Å². The first-order chi connectivity index (χ1) is 16.2. The van der Waals surface area contributed by atoms with Gasteiger partial charge < -0.3 is 9.88 Å². The lowest BCUT2D eigenvalue weighted by molar-refractivity contribution is -0.118. The lowest BCUT2D eigenvalue weighted by Crippen LogP contribution is -2.24. The summed E-state index contributed by atoms with van der Waals surface area (Å²) in [7, 11) is 0. The topological polar surface area (TPSA) is 72.7 Å². The summed E-state index contributed by atoms with van der Waals surface area (Å²) in [4.78, 5) is 17.1. The molecule has 5 aromatic rings. The fourth-order valence-electron chi connectivity index (χ4n) is 3.71. The monoisotopic (exact) mass is 473 g/mol. The highest BCUT2D eigenvalue weighted by Gasteiger charge is 2.16. The van der Waals surface area contributed by atoms with Crippen LogP contribution < -0.4 is 5.32 Å². The van der Waals surface area contributed by atoms with Crippen LogP contribution in [0.4, 0.5) is 0 Å². The molecule has 0 bridgehead atoms. The van der Waals surface area contributed by atoms with Gasteiger partial charge in [0.05, 0.1) is 11.3 Å². The molecular weight excluding hydrogens is 454 g/mol. The molecule has 1 N–H and O–H groups in total. The number of para-hydroxylation sites is 1. The summed E-state index contributed by atoms with van der Waals surface area (Å²) in [6, 6.07) is 25.6. The van der Waals surface area contributed by atoms with Crippen LogP contribution in [0.5, 0.6) is 0 Å². The molecule has 164 valence electrons. The van der Waals surface area contributed by atoms with Crippen molar-refractivity contribution in [2.45, 2.75) is 18.2 Å². The van der Waals surface area contributed by atoms with Crippen molar-refractivity contribution >= 4 is 51.3 Å². The number of nitrogens with one attached hydrogen (secondary N) is 1. The summed E-state index contributed by atoms with van der Waals surface area (Å²) in [6.45, 7) is 1.09. The van der Waals surface area contributed by atoms with Gasteiger partial charge in [-0.2, -0.15) is 0 Å². The molecule has 1 amide bonds. The van der Waals surface area contributed by atoms with E-state index in [9.17, 15) is 4.79 Å². The third-order valence-electron chi connectivity index (χ3n) is 5.25. The van der Waals surface area contributed by atoms with Crippen LogP contribution in [0.1, 0.15) is 11.1 Å². The fourth-order valence-corrected chi connectivity index (χ4v) is 4.53. The number of hydrogen-bond donors (Lipinski definition) is 1. The molecule has 2 aromatic heterocycles. The molecule has 0 spiro atoms. The van der Waals surface area contributed by atoms with Gasteiger partial charge in [0, 0.05) is 23.5 Å². The molecule has 0 aliphatic heterocycles. The third-order valence-corrected chi connectivity index (χ3v) is 6.32. The van der Waals surface area contributed by atoms with Gasteiger partial charge in [0.15, 0.2) is 5.65 Å². The number of nitrogens with zero attached hydrogens (tertiary/aromatic N) is 4. The largest absolute Gasteiger partial charge is 0.351 e. The van der Waals surface area contributed by atoms with Gasteiger partial charge in [-0.15, -0.1) is 10.2 Å². The second-order valence-electron chi connectivity index (χ2n) is 7.55. The first-order valence-electron chi connectivity index (χ1n) is 10.5. The molecule has 2 heterocycles. The van der Waals surface area contributed by atoms with E-state index in [0.29, 0.717) is 23.3 Å². The molecule has 0 saturated heterocycles. The van der Waals surface area contributed by atoms with Crippen LogP contribution in [0.15, 0.2) is 84.0 Å². The molecule has 8 heteroatoms. The summed E-state index contributed by atoms with van der Waals surface area (Å²) >= 11 is 7.47. The van der Waals surface area contributed by atoms with Gasteiger partial charge in [-0.1, -0.05) is 84.0 Å². The van der Waals surface area contributed by atoms with E-state index < -0.39 is 0 Å².